The summed E-state index contributed by atoms with van der Waals surface area (Å²) in [5, 5.41) is 12.4. The van der Waals surface area contributed by atoms with Crippen molar-refractivity contribution < 1.29 is 5.11 Å². The first-order valence-corrected chi connectivity index (χ1v) is 6.86. The normalized spacial score (nSPS) is 12.2. The molecule has 2 aromatic rings. The molecule has 106 valence electrons. The van der Waals surface area contributed by atoms with Crippen LogP contribution >= 0.6 is 0 Å². The maximum atomic E-state index is 9.05. The van der Waals surface area contributed by atoms with E-state index in [1.807, 2.05) is 25.1 Å². The molecule has 0 spiro atoms. The van der Waals surface area contributed by atoms with Crippen molar-refractivity contribution in [1.29, 1.82) is 0 Å². The van der Waals surface area contributed by atoms with Gasteiger partial charge in [0.25, 0.3) is 0 Å². The minimum atomic E-state index is 0.172. The first kappa shape index (κ1) is 14.4. The van der Waals surface area contributed by atoms with Crippen molar-refractivity contribution in [3.8, 4) is 11.4 Å². The van der Waals surface area contributed by atoms with Crippen LogP contribution in [0, 0.1) is 6.92 Å². The minimum Gasteiger partial charge on any atom is -0.396 e. The predicted molar refractivity (Wildman–Crippen MR) is 79.4 cm³/mol. The molecule has 2 aromatic heterocycles. The third-order valence-corrected chi connectivity index (χ3v) is 3.10. The Morgan fingerprint density at radius 3 is 2.85 bits per heavy atom. The second-order valence-electron chi connectivity index (χ2n) is 4.72. The van der Waals surface area contributed by atoms with E-state index >= 15 is 0 Å². The number of nitrogens with zero attached hydrogens (tertiary/aromatic N) is 3. The average molecular weight is 272 g/mol. The molecule has 2 N–H and O–H groups in total. The number of aromatic nitrogens is 3. The van der Waals surface area contributed by atoms with Crippen LogP contribution in [0.5, 0.6) is 0 Å². The van der Waals surface area contributed by atoms with Crippen LogP contribution in [0.2, 0.25) is 0 Å². The summed E-state index contributed by atoms with van der Waals surface area (Å²) in [4.78, 5) is 13.1. The van der Waals surface area contributed by atoms with Crippen LogP contribution in [0.1, 0.15) is 25.5 Å². The number of aryl methyl sites for hydroxylation is 1. The lowest BCUT2D eigenvalue weighted by Gasteiger charge is -2.17. The van der Waals surface area contributed by atoms with Gasteiger partial charge in [-0.2, -0.15) is 0 Å². The average Bonchev–Trinajstić information content (AvgIpc) is 2.47. The Labute approximate surface area is 119 Å². The van der Waals surface area contributed by atoms with Crippen LogP contribution in [-0.2, 0) is 0 Å². The monoisotopic (exact) mass is 272 g/mol. The SMILES string of the molecule is CCC(CCO)Nc1cc(C)nc(-c2cccnc2)n1. The Morgan fingerprint density at radius 1 is 1.35 bits per heavy atom. The van der Waals surface area contributed by atoms with E-state index in [9.17, 15) is 0 Å². The van der Waals surface area contributed by atoms with E-state index in [-0.39, 0.29) is 12.6 Å². The van der Waals surface area contributed by atoms with Crippen LogP contribution < -0.4 is 5.32 Å². The highest BCUT2D eigenvalue weighted by Crippen LogP contribution is 2.18. The fourth-order valence-electron chi connectivity index (χ4n) is 2.01. The molecule has 0 aromatic carbocycles. The summed E-state index contributed by atoms with van der Waals surface area (Å²) in [6.07, 6.45) is 5.13. The standard InChI is InChI=1S/C15H20N4O/c1-3-13(6-8-20)18-14-9-11(2)17-15(19-14)12-5-4-7-16-10-12/h4-5,7,9-10,13,20H,3,6,8H2,1-2H3,(H,17,18,19). The lowest BCUT2D eigenvalue weighted by Crippen LogP contribution is -2.20. The van der Waals surface area contributed by atoms with Crippen molar-refractivity contribution in [3.05, 3.63) is 36.3 Å². The van der Waals surface area contributed by atoms with E-state index in [1.54, 1.807) is 12.4 Å². The summed E-state index contributed by atoms with van der Waals surface area (Å²) in [7, 11) is 0. The topological polar surface area (TPSA) is 70.9 Å². The van der Waals surface area contributed by atoms with Crippen LogP contribution in [0.3, 0.4) is 0 Å². The molecule has 5 nitrogen and oxygen atoms in total. The van der Waals surface area contributed by atoms with Gasteiger partial charge < -0.3 is 10.4 Å². The summed E-state index contributed by atoms with van der Waals surface area (Å²) in [5.74, 6) is 1.45. The van der Waals surface area contributed by atoms with Gasteiger partial charge in [-0.15, -0.1) is 0 Å². The molecule has 5 heteroatoms. The van der Waals surface area contributed by atoms with E-state index in [0.717, 1.165) is 23.5 Å². The van der Waals surface area contributed by atoms with Gasteiger partial charge in [0.15, 0.2) is 5.82 Å². The van der Waals surface area contributed by atoms with Gasteiger partial charge in [0.05, 0.1) is 0 Å². The summed E-state index contributed by atoms with van der Waals surface area (Å²) < 4.78 is 0. The predicted octanol–water partition coefficient (Wildman–Crippen LogP) is 2.42. The third kappa shape index (κ3) is 3.74. The zero-order valence-corrected chi connectivity index (χ0v) is 11.9. The first-order chi connectivity index (χ1) is 9.72. The molecule has 20 heavy (non-hydrogen) atoms. The largest absolute Gasteiger partial charge is 0.396 e. The van der Waals surface area contributed by atoms with Gasteiger partial charge in [-0.25, -0.2) is 9.97 Å². The maximum Gasteiger partial charge on any atom is 0.163 e. The number of rotatable bonds is 6. The number of aliphatic hydroxyl groups is 1. The molecular formula is C15H20N4O. The molecule has 0 aliphatic rings. The summed E-state index contributed by atoms with van der Waals surface area (Å²) in [5.41, 5.74) is 1.80. The molecule has 1 atom stereocenters. The van der Waals surface area contributed by atoms with Gasteiger partial charge in [-0.05, 0) is 31.9 Å². The maximum absolute atomic E-state index is 9.05. The van der Waals surface area contributed by atoms with Gasteiger partial charge in [0, 0.05) is 42.4 Å². The van der Waals surface area contributed by atoms with Gasteiger partial charge in [0.1, 0.15) is 5.82 Å². The number of nitrogens with one attached hydrogen (secondary N) is 1. The molecule has 0 fully saturated rings. The van der Waals surface area contributed by atoms with Gasteiger partial charge in [-0.3, -0.25) is 4.98 Å². The van der Waals surface area contributed by atoms with Crippen molar-refractivity contribution >= 4 is 5.82 Å². The second kappa shape index (κ2) is 6.96. The molecule has 0 aliphatic heterocycles. The molecular weight excluding hydrogens is 252 g/mol. The van der Waals surface area contributed by atoms with Crippen molar-refractivity contribution in [1.82, 2.24) is 15.0 Å². The minimum absolute atomic E-state index is 0.172. The van der Waals surface area contributed by atoms with Gasteiger partial charge >= 0.3 is 0 Å². The van der Waals surface area contributed by atoms with Crippen LogP contribution in [0.25, 0.3) is 11.4 Å². The molecule has 1 unspecified atom stereocenters. The Morgan fingerprint density at radius 2 is 2.20 bits per heavy atom. The first-order valence-electron chi connectivity index (χ1n) is 6.86. The van der Waals surface area contributed by atoms with Crippen molar-refractivity contribution in [2.75, 3.05) is 11.9 Å². The quantitative estimate of drug-likeness (QED) is 0.845. The molecule has 0 saturated carbocycles. The fraction of sp³-hybridized carbons (Fsp3) is 0.400. The Bertz CT molecular complexity index is 545. The molecule has 2 rings (SSSR count). The number of anilines is 1. The second-order valence-corrected chi connectivity index (χ2v) is 4.72. The summed E-state index contributed by atoms with van der Waals surface area (Å²) in [6.45, 7) is 4.20. The van der Waals surface area contributed by atoms with E-state index in [4.69, 9.17) is 5.11 Å². The smallest absolute Gasteiger partial charge is 0.163 e. The fourth-order valence-corrected chi connectivity index (χ4v) is 2.01. The van der Waals surface area contributed by atoms with Crippen LogP contribution in [-0.4, -0.2) is 32.7 Å². The van der Waals surface area contributed by atoms with Gasteiger partial charge in [-0.1, -0.05) is 6.92 Å². The molecule has 0 saturated heterocycles. The Hall–Kier alpha value is -2.01. The van der Waals surface area contributed by atoms with E-state index in [0.29, 0.717) is 12.2 Å². The van der Waals surface area contributed by atoms with Crippen molar-refractivity contribution in [2.45, 2.75) is 32.7 Å². The number of hydrogen-bond acceptors (Lipinski definition) is 5. The van der Waals surface area contributed by atoms with Crippen LogP contribution in [0.15, 0.2) is 30.6 Å². The number of pyridine rings is 1. The molecule has 0 bridgehead atoms. The third-order valence-electron chi connectivity index (χ3n) is 3.10. The van der Waals surface area contributed by atoms with Crippen molar-refractivity contribution in [3.63, 3.8) is 0 Å². The summed E-state index contributed by atoms with van der Waals surface area (Å²) in [6, 6.07) is 5.95. The highest BCUT2D eigenvalue weighted by atomic mass is 16.3. The zero-order valence-electron chi connectivity index (χ0n) is 11.9. The highest BCUT2D eigenvalue weighted by molar-refractivity contribution is 5.56. The lowest BCUT2D eigenvalue weighted by atomic mass is 10.1. The van der Waals surface area contributed by atoms with E-state index in [1.165, 1.54) is 0 Å². The number of hydrogen-bond donors (Lipinski definition) is 2. The lowest BCUT2D eigenvalue weighted by molar-refractivity contribution is 0.278. The zero-order chi connectivity index (χ0) is 14.4. The Kier molecular flexibility index (Phi) is 5.01. The molecule has 0 aliphatic carbocycles. The van der Waals surface area contributed by atoms with E-state index < -0.39 is 0 Å². The molecule has 0 radical (unpaired) electrons. The molecule has 2 heterocycles. The summed E-state index contributed by atoms with van der Waals surface area (Å²) >= 11 is 0. The molecule has 0 amide bonds. The van der Waals surface area contributed by atoms with Crippen molar-refractivity contribution in [2.24, 2.45) is 0 Å². The van der Waals surface area contributed by atoms with E-state index in [2.05, 4.69) is 27.2 Å². The van der Waals surface area contributed by atoms with Gasteiger partial charge in [0.2, 0.25) is 0 Å². The number of aliphatic hydroxyl groups excluding tert-OH is 1. The van der Waals surface area contributed by atoms with Crippen LogP contribution in [0.4, 0.5) is 5.82 Å². The Balaban J connectivity index is 2.25. The highest BCUT2D eigenvalue weighted by Gasteiger charge is 2.09.